The average Bonchev–Trinajstić information content (AvgIpc) is 2.96. The summed E-state index contributed by atoms with van der Waals surface area (Å²) in [5.74, 6) is 0.518. The molecule has 0 aliphatic rings. The molecule has 2 aromatic carbocycles. The van der Waals surface area contributed by atoms with Gasteiger partial charge in [0.25, 0.3) is 0 Å². The van der Waals surface area contributed by atoms with E-state index in [4.69, 9.17) is 0 Å². The van der Waals surface area contributed by atoms with E-state index in [9.17, 15) is 0 Å². The monoisotopic (exact) mass is 533 g/mol. The van der Waals surface area contributed by atoms with E-state index in [-0.39, 0.29) is 0 Å². The Hall–Kier alpha value is -1.56. The van der Waals surface area contributed by atoms with Gasteiger partial charge >= 0.3 is 0 Å². The lowest BCUT2D eigenvalue weighted by atomic mass is 9.76. The summed E-state index contributed by atoms with van der Waals surface area (Å²) < 4.78 is 0. The molecule has 220 valence electrons. The van der Waals surface area contributed by atoms with Crippen molar-refractivity contribution in [1.82, 2.24) is 0 Å². The van der Waals surface area contributed by atoms with Crippen LogP contribution in [0.25, 0.3) is 0 Å². The Labute approximate surface area is 244 Å². The van der Waals surface area contributed by atoms with Crippen LogP contribution in [-0.2, 0) is 38.5 Å². The molecule has 0 heterocycles. The molecule has 0 aliphatic carbocycles. The van der Waals surface area contributed by atoms with E-state index in [1.807, 2.05) is 0 Å². The van der Waals surface area contributed by atoms with Crippen LogP contribution < -0.4 is 0 Å². The Morgan fingerprint density at radius 2 is 0.692 bits per heavy atom. The van der Waals surface area contributed by atoms with Gasteiger partial charge in [0.05, 0.1) is 0 Å². The highest BCUT2D eigenvalue weighted by atomic mass is 14.3. The molecule has 0 fully saturated rings. The van der Waals surface area contributed by atoms with Crippen LogP contribution in [0.2, 0.25) is 0 Å². The van der Waals surface area contributed by atoms with Crippen LogP contribution in [0.15, 0.2) is 24.3 Å². The second-order valence-corrected chi connectivity index (χ2v) is 12.1. The fraction of sp³-hybridized carbons (Fsp3) is 0.692. The van der Waals surface area contributed by atoms with E-state index in [1.54, 1.807) is 44.5 Å². The van der Waals surface area contributed by atoms with Gasteiger partial charge in [0, 0.05) is 5.92 Å². The fourth-order valence-corrected chi connectivity index (χ4v) is 6.61. The average molecular weight is 533 g/mol. The Balaban J connectivity index is 2.76. The third kappa shape index (κ3) is 9.79. The van der Waals surface area contributed by atoms with Crippen molar-refractivity contribution >= 4 is 0 Å². The van der Waals surface area contributed by atoms with Crippen molar-refractivity contribution in [2.24, 2.45) is 0 Å². The van der Waals surface area contributed by atoms with E-state index in [0.29, 0.717) is 5.92 Å². The summed E-state index contributed by atoms with van der Waals surface area (Å²) in [6.45, 7) is 16.6. The number of hydrogen-bond donors (Lipinski definition) is 0. The molecular weight excluding hydrogens is 468 g/mol. The number of rotatable bonds is 21. The zero-order chi connectivity index (χ0) is 28.5. The highest BCUT2D eigenvalue weighted by Gasteiger charge is 2.24. The zero-order valence-corrected chi connectivity index (χ0v) is 27.3. The maximum absolute atomic E-state index is 2.58. The van der Waals surface area contributed by atoms with Gasteiger partial charge in [-0.15, -0.1) is 0 Å². The Bertz CT molecular complexity index is 858. The minimum Gasteiger partial charge on any atom is -0.0654 e. The second-order valence-electron chi connectivity index (χ2n) is 12.1. The molecule has 0 heteroatoms. The quantitative estimate of drug-likeness (QED) is 0.150. The van der Waals surface area contributed by atoms with Gasteiger partial charge in [-0.25, -0.2) is 0 Å². The molecule has 39 heavy (non-hydrogen) atoms. The molecule has 0 nitrogen and oxygen atoms in total. The lowest BCUT2D eigenvalue weighted by Crippen LogP contribution is -2.14. The van der Waals surface area contributed by atoms with E-state index in [0.717, 1.165) is 0 Å². The molecule has 2 rings (SSSR count). The van der Waals surface area contributed by atoms with Crippen molar-refractivity contribution in [2.75, 3.05) is 0 Å². The van der Waals surface area contributed by atoms with Crippen molar-refractivity contribution < 1.29 is 0 Å². The van der Waals surface area contributed by atoms with Crippen LogP contribution in [0.3, 0.4) is 0 Å². The fourth-order valence-electron chi connectivity index (χ4n) is 6.61. The lowest BCUT2D eigenvalue weighted by molar-refractivity contribution is 0.689. The normalized spacial score (nSPS) is 11.6. The maximum Gasteiger partial charge on any atom is 0.00923 e. The van der Waals surface area contributed by atoms with Crippen molar-refractivity contribution in [1.29, 1.82) is 0 Å². The molecule has 0 atom stereocenters. The van der Waals surface area contributed by atoms with Gasteiger partial charge in [0.2, 0.25) is 0 Å². The van der Waals surface area contributed by atoms with Crippen molar-refractivity contribution in [3.05, 3.63) is 68.8 Å². The molecule has 0 aromatic heterocycles. The maximum atomic E-state index is 2.58. The molecule has 0 saturated heterocycles. The zero-order valence-electron chi connectivity index (χ0n) is 27.3. The highest BCUT2D eigenvalue weighted by molar-refractivity contribution is 5.51. The summed E-state index contributed by atoms with van der Waals surface area (Å²) in [7, 11) is 0. The van der Waals surface area contributed by atoms with Crippen molar-refractivity contribution in [3.8, 4) is 0 Å². The number of aryl methyl sites for hydroxylation is 2. The van der Waals surface area contributed by atoms with Gasteiger partial charge in [-0.2, -0.15) is 0 Å². The van der Waals surface area contributed by atoms with E-state index >= 15 is 0 Å². The third-order valence-electron chi connectivity index (χ3n) is 9.01. The summed E-state index contributed by atoms with van der Waals surface area (Å²) >= 11 is 0. The van der Waals surface area contributed by atoms with Crippen LogP contribution in [-0.4, -0.2) is 0 Å². The minimum absolute atomic E-state index is 0.518. The van der Waals surface area contributed by atoms with Crippen LogP contribution in [0, 0.1) is 0 Å². The highest BCUT2D eigenvalue weighted by Crippen LogP contribution is 2.39. The molecule has 0 unspecified atom stereocenters. The summed E-state index contributed by atoms with van der Waals surface area (Å²) in [4.78, 5) is 0. The Morgan fingerprint density at radius 1 is 0.385 bits per heavy atom. The molecule has 0 N–H and O–H groups in total. The van der Waals surface area contributed by atoms with Crippen LogP contribution in [0.4, 0.5) is 0 Å². The number of hydrogen-bond acceptors (Lipinski definition) is 0. The van der Waals surface area contributed by atoms with Gasteiger partial charge in [-0.05, 0) is 128 Å². The molecular formula is C39H64. The van der Waals surface area contributed by atoms with Crippen molar-refractivity contribution in [2.45, 2.75) is 176 Å². The summed E-state index contributed by atoms with van der Waals surface area (Å²) in [6.07, 6.45) is 24.3. The Kier molecular flexibility index (Phi) is 16.8. The first-order chi connectivity index (χ1) is 19.1. The molecule has 2 aromatic rings. The van der Waals surface area contributed by atoms with Crippen LogP contribution in [0.5, 0.6) is 0 Å². The predicted molar refractivity (Wildman–Crippen MR) is 177 cm³/mol. The second kappa shape index (κ2) is 19.5. The molecule has 0 bridgehead atoms. The largest absolute Gasteiger partial charge is 0.0654 e. The smallest absolute Gasteiger partial charge is 0.00923 e. The summed E-state index contributed by atoms with van der Waals surface area (Å²) in [5, 5.41) is 0. The van der Waals surface area contributed by atoms with Gasteiger partial charge < -0.3 is 0 Å². The lowest BCUT2D eigenvalue weighted by Gasteiger charge is -2.28. The summed E-state index contributed by atoms with van der Waals surface area (Å²) in [5.41, 5.74) is 13.6. The van der Waals surface area contributed by atoms with Gasteiger partial charge in [0.1, 0.15) is 0 Å². The van der Waals surface area contributed by atoms with Gasteiger partial charge in [-0.3, -0.25) is 0 Å². The third-order valence-corrected chi connectivity index (χ3v) is 9.01. The summed E-state index contributed by atoms with van der Waals surface area (Å²) in [6, 6.07) is 10.3. The standard InChI is InChI=1S/C39H64/c1-8-15-21-31-27-29-38(36(25-19-12-5)34(31)23-17-10-3)33(14-7)39-30-28-32(22-16-9-2)35(24-18-11-4)37(39)26-20-13-6/h27-30,33H,8-26H2,1-7H3. The first kappa shape index (κ1) is 33.6. The molecule has 0 spiro atoms. The number of unbranched alkanes of at least 4 members (excludes halogenated alkanes) is 6. The van der Waals surface area contributed by atoms with Crippen molar-refractivity contribution in [3.63, 3.8) is 0 Å². The van der Waals surface area contributed by atoms with Crippen LogP contribution >= 0.6 is 0 Å². The first-order valence-electron chi connectivity index (χ1n) is 17.4. The molecule has 0 amide bonds. The number of benzene rings is 2. The molecule has 0 radical (unpaired) electrons. The van der Waals surface area contributed by atoms with Gasteiger partial charge in [-0.1, -0.05) is 111 Å². The molecule has 0 saturated carbocycles. The Morgan fingerprint density at radius 3 is 1.00 bits per heavy atom. The first-order valence-corrected chi connectivity index (χ1v) is 17.4. The molecule has 0 aliphatic heterocycles. The van der Waals surface area contributed by atoms with E-state index in [2.05, 4.69) is 72.7 Å². The minimum atomic E-state index is 0.518. The topological polar surface area (TPSA) is 0 Å². The predicted octanol–water partition coefficient (Wildman–Crippen LogP) is 12.3. The van der Waals surface area contributed by atoms with Gasteiger partial charge in [0.15, 0.2) is 0 Å². The van der Waals surface area contributed by atoms with E-state index < -0.39 is 0 Å². The van der Waals surface area contributed by atoms with E-state index in [1.165, 1.54) is 122 Å². The van der Waals surface area contributed by atoms with Crippen LogP contribution in [0.1, 0.15) is 182 Å². The SMILES string of the molecule is CCCCc1ccc(C(CC)c2ccc(CCCC)c(CCCC)c2CCCC)c(CCCC)c1CCCC.